The molecular formula is C21H12Cl2F3N3O2S2. The molecule has 0 amide bonds. The van der Waals surface area contributed by atoms with E-state index in [1.807, 2.05) is 0 Å². The van der Waals surface area contributed by atoms with Crippen LogP contribution in [0.3, 0.4) is 0 Å². The summed E-state index contributed by atoms with van der Waals surface area (Å²) in [5.41, 5.74) is -0.0176. The van der Waals surface area contributed by atoms with Crippen LogP contribution in [0.1, 0.15) is 5.69 Å². The van der Waals surface area contributed by atoms with Crippen molar-refractivity contribution >= 4 is 44.6 Å². The highest BCUT2D eigenvalue weighted by Gasteiger charge is 2.34. The first-order valence-electron chi connectivity index (χ1n) is 9.07. The largest absolute Gasteiger partial charge is 0.433 e. The Balaban J connectivity index is 1.85. The number of hydrogen-bond donors (Lipinski definition) is 1. The SMILES string of the molecule is NS(=O)(=O)c1ccc(-c2cccc(-c3nc(-c4ccc(Cl)cc4Cl)cc(C(F)(F)F)n3)c2)s1. The van der Waals surface area contributed by atoms with Gasteiger partial charge in [-0.2, -0.15) is 13.2 Å². The molecule has 0 spiro atoms. The van der Waals surface area contributed by atoms with Crippen molar-refractivity contribution in [2.45, 2.75) is 10.4 Å². The van der Waals surface area contributed by atoms with E-state index in [0.717, 1.165) is 17.4 Å². The van der Waals surface area contributed by atoms with Crippen LogP contribution in [-0.2, 0) is 16.2 Å². The molecular weight excluding hydrogens is 518 g/mol. The fraction of sp³-hybridized carbons (Fsp3) is 0.0476. The van der Waals surface area contributed by atoms with Crippen molar-refractivity contribution < 1.29 is 21.6 Å². The van der Waals surface area contributed by atoms with Crippen LogP contribution in [0.2, 0.25) is 10.0 Å². The van der Waals surface area contributed by atoms with Gasteiger partial charge < -0.3 is 0 Å². The molecule has 0 bridgehead atoms. The highest BCUT2D eigenvalue weighted by Crippen LogP contribution is 2.36. The third-order valence-corrected chi connectivity index (χ3v) is 7.61. The molecule has 12 heteroatoms. The molecule has 2 N–H and O–H groups in total. The minimum atomic E-state index is -4.72. The second-order valence-corrected chi connectivity index (χ2v) is 10.5. The van der Waals surface area contributed by atoms with Crippen LogP contribution < -0.4 is 5.14 Å². The number of nitrogens with two attached hydrogens (primary N) is 1. The van der Waals surface area contributed by atoms with E-state index in [9.17, 15) is 21.6 Å². The van der Waals surface area contributed by atoms with E-state index in [4.69, 9.17) is 28.3 Å². The fourth-order valence-corrected chi connectivity index (χ4v) is 5.23. The molecule has 0 aliphatic carbocycles. The molecule has 0 saturated heterocycles. The minimum Gasteiger partial charge on any atom is -0.228 e. The molecule has 2 aromatic heterocycles. The first-order chi connectivity index (χ1) is 15.4. The van der Waals surface area contributed by atoms with Crippen LogP contribution in [0, 0.1) is 0 Å². The Kier molecular flexibility index (Phi) is 6.23. The van der Waals surface area contributed by atoms with Crippen molar-refractivity contribution in [3.05, 3.63) is 76.4 Å². The summed E-state index contributed by atoms with van der Waals surface area (Å²) in [5.74, 6) is -0.170. The molecule has 2 aromatic carbocycles. The van der Waals surface area contributed by atoms with Crippen LogP contribution in [-0.4, -0.2) is 18.4 Å². The number of alkyl halides is 3. The van der Waals surface area contributed by atoms with Gasteiger partial charge >= 0.3 is 6.18 Å². The summed E-state index contributed by atoms with van der Waals surface area (Å²) < 4.78 is 63.9. The maximum absolute atomic E-state index is 13.6. The zero-order chi connectivity index (χ0) is 24.0. The molecule has 33 heavy (non-hydrogen) atoms. The lowest BCUT2D eigenvalue weighted by molar-refractivity contribution is -0.141. The first kappa shape index (κ1) is 23.7. The highest BCUT2D eigenvalue weighted by molar-refractivity contribution is 7.91. The summed E-state index contributed by atoms with van der Waals surface area (Å²) >= 11 is 13.0. The second kappa shape index (κ2) is 8.69. The van der Waals surface area contributed by atoms with Crippen molar-refractivity contribution in [3.8, 4) is 33.1 Å². The topological polar surface area (TPSA) is 85.9 Å². The zero-order valence-electron chi connectivity index (χ0n) is 16.3. The lowest BCUT2D eigenvalue weighted by atomic mass is 10.1. The average Bonchev–Trinajstić information content (AvgIpc) is 3.24. The molecule has 5 nitrogen and oxygen atoms in total. The van der Waals surface area contributed by atoms with Crippen molar-refractivity contribution in [1.82, 2.24) is 9.97 Å². The van der Waals surface area contributed by atoms with E-state index in [-0.39, 0.29) is 26.3 Å². The van der Waals surface area contributed by atoms with E-state index in [1.54, 1.807) is 30.3 Å². The normalized spacial score (nSPS) is 12.2. The van der Waals surface area contributed by atoms with E-state index in [0.29, 0.717) is 21.0 Å². The maximum Gasteiger partial charge on any atom is 0.433 e. The Bertz CT molecular complexity index is 1470. The van der Waals surface area contributed by atoms with E-state index < -0.39 is 21.9 Å². The Morgan fingerprint density at radius 2 is 1.64 bits per heavy atom. The van der Waals surface area contributed by atoms with Crippen LogP contribution >= 0.6 is 34.5 Å². The molecule has 0 atom stereocenters. The summed E-state index contributed by atoms with van der Waals surface area (Å²) in [6.07, 6.45) is -4.72. The molecule has 2 heterocycles. The number of rotatable bonds is 4. The highest BCUT2D eigenvalue weighted by atomic mass is 35.5. The quantitative estimate of drug-likeness (QED) is 0.326. The molecule has 0 saturated carbocycles. The Hall–Kier alpha value is -2.50. The van der Waals surface area contributed by atoms with E-state index >= 15 is 0 Å². The monoisotopic (exact) mass is 529 g/mol. The van der Waals surface area contributed by atoms with Crippen LogP contribution in [0.15, 0.2) is 64.9 Å². The Morgan fingerprint density at radius 3 is 2.27 bits per heavy atom. The fourth-order valence-electron chi connectivity index (χ4n) is 3.00. The summed E-state index contributed by atoms with van der Waals surface area (Å²) in [7, 11) is -3.87. The lowest BCUT2D eigenvalue weighted by Gasteiger charge is -2.12. The number of aromatic nitrogens is 2. The summed E-state index contributed by atoms with van der Waals surface area (Å²) in [4.78, 5) is 8.58. The van der Waals surface area contributed by atoms with Crippen LogP contribution in [0.25, 0.3) is 33.1 Å². The van der Waals surface area contributed by atoms with Crippen molar-refractivity contribution in [2.75, 3.05) is 0 Å². The van der Waals surface area contributed by atoms with Gasteiger partial charge in [0, 0.05) is 21.0 Å². The average molecular weight is 530 g/mol. The van der Waals surface area contributed by atoms with Crippen molar-refractivity contribution in [1.29, 1.82) is 0 Å². The standard InChI is InChI=1S/C21H12Cl2F3N3O2S2/c22-13-4-5-14(15(23)9-13)16-10-18(21(24,25)26)29-20(28-16)12-3-1-2-11(8-12)17-6-7-19(32-17)33(27,30)31/h1-10H,(H2,27,30,31). The molecule has 0 radical (unpaired) electrons. The predicted octanol–water partition coefficient (Wildman–Crippen LogP) is 6.51. The number of primary sulfonamides is 1. The Labute approximate surface area is 200 Å². The van der Waals surface area contributed by atoms with Crippen LogP contribution in [0.4, 0.5) is 13.2 Å². The summed E-state index contributed by atoms with van der Waals surface area (Å²) in [6, 6.07) is 14.6. The molecule has 4 rings (SSSR count). The van der Waals surface area contributed by atoms with Gasteiger partial charge in [0.25, 0.3) is 0 Å². The van der Waals surface area contributed by atoms with Crippen molar-refractivity contribution in [3.63, 3.8) is 0 Å². The molecule has 170 valence electrons. The molecule has 4 aromatic rings. The van der Waals surface area contributed by atoms with Crippen LogP contribution in [0.5, 0.6) is 0 Å². The zero-order valence-corrected chi connectivity index (χ0v) is 19.4. The molecule has 0 fully saturated rings. The van der Waals surface area contributed by atoms with Gasteiger partial charge in [-0.25, -0.2) is 23.5 Å². The minimum absolute atomic E-state index is 0.0213. The molecule has 0 aliphatic rings. The summed E-state index contributed by atoms with van der Waals surface area (Å²) in [5, 5.41) is 5.63. The third kappa shape index (κ3) is 5.20. The van der Waals surface area contributed by atoms with Gasteiger partial charge in [-0.1, -0.05) is 41.4 Å². The number of thiophene rings is 1. The van der Waals surface area contributed by atoms with Crippen molar-refractivity contribution in [2.24, 2.45) is 5.14 Å². The number of nitrogens with zero attached hydrogens (tertiary/aromatic N) is 2. The van der Waals surface area contributed by atoms with Gasteiger partial charge in [-0.15, -0.1) is 11.3 Å². The van der Waals surface area contributed by atoms with E-state index in [2.05, 4.69) is 9.97 Å². The van der Waals surface area contributed by atoms with Gasteiger partial charge in [0.1, 0.15) is 9.90 Å². The predicted molar refractivity (Wildman–Crippen MR) is 123 cm³/mol. The lowest BCUT2D eigenvalue weighted by Crippen LogP contribution is -2.10. The number of sulfonamides is 1. The molecule has 0 unspecified atom stereocenters. The first-order valence-corrected chi connectivity index (χ1v) is 12.2. The van der Waals surface area contributed by atoms with Gasteiger partial charge in [0.15, 0.2) is 5.82 Å². The molecule has 0 aliphatic heterocycles. The Morgan fingerprint density at radius 1 is 0.909 bits per heavy atom. The number of halogens is 5. The smallest absolute Gasteiger partial charge is 0.228 e. The summed E-state index contributed by atoms with van der Waals surface area (Å²) in [6.45, 7) is 0. The number of hydrogen-bond acceptors (Lipinski definition) is 5. The van der Waals surface area contributed by atoms with Gasteiger partial charge in [-0.3, -0.25) is 0 Å². The van der Waals surface area contributed by atoms with E-state index in [1.165, 1.54) is 24.3 Å². The van der Waals surface area contributed by atoms with Gasteiger partial charge in [0.2, 0.25) is 10.0 Å². The maximum atomic E-state index is 13.6. The third-order valence-electron chi connectivity index (χ3n) is 4.49. The second-order valence-electron chi connectivity index (χ2n) is 6.83. The van der Waals surface area contributed by atoms with Gasteiger partial charge in [0.05, 0.1) is 10.7 Å². The van der Waals surface area contributed by atoms with Gasteiger partial charge in [-0.05, 0) is 48.0 Å². The number of benzene rings is 2.